The number of carbonyl (C=O) groups excluding carboxylic acids is 1. The number of piperazine rings is 1. The van der Waals surface area contributed by atoms with Crippen molar-refractivity contribution in [1.29, 1.82) is 0 Å². The molecule has 2 rings (SSSR count). The summed E-state index contributed by atoms with van der Waals surface area (Å²) in [6, 6.07) is 0. The molecule has 0 spiro atoms. The first kappa shape index (κ1) is 10.9. The van der Waals surface area contributed by atoms with Gasteiger partial charge >= 0.3 is 0 Å². The average Bonchev–Trinajstić information content (AvgIpc) is 2.31. The Bertz CT molecular complexity index is 204. The van der Waals surface area contributed by atoms with E-state index in [2.05, 4.69) is 10.2 Å². The zero-order valence-electron chi connectivity index (χ0n) is 9.32. The van der Waals surface area contributed by atoms with Crippen molar-refractivity contribution in [2.75, 3.05) is 45.8 Å². The molecule has 0 saturated carbocycles. The van der Waals surface area contributed by atoms with Crippen LogP contribution in [0, 0.1) is 5.92 Å². The molecule has 2 aliphatic heterocycles. The van der Waals surface area contributed by atoms with Gasteiger partial charge in [0, 0.05) is 45.8 Å². The summed E-state index contributed by atoms with van der Waals surface area (Å²) in [7, 11) is 0. The smallest absolute Gasteiger partial charge is 0.209 e. The maximum absolute atomic E-state index is 10.7. The quantitative estimate of drug-likeness (QED) is 0.655. The van der Waals surface area contributed by atoms with E-state index in [1.165, 1.54) is 19.4 Å². The largest absolute Gasteiger partial charge is 0.345 e. The summed E-state index contributed by atoms with van der Waals surface area (Å²) < 4.78 is 0. The first-order valence-corrected chi connectivity index (χ1v) is 6.01. The van der Waals surface area contributed by atoms with Gasteiger partial charge in [0.15, 0.2) is 0 Å². The topological polar surface area (TPSA) is 35.6 Å². The monoisotopic (exact) mass is 211 g/mol. The Morgan fingerprint density at radius 2 is 2.07 bits per heavy atom. The fourth-order valence-electron chi connectivity index (χ4n) is 2.60. The molecule has 1 unspecified atom stereocenters. The standard InChI is InChI=1S/C11H21N3O/c15-10-14-5-1-2-11(9-14)8-13-6-3-12-4-7-13/h10-12H,1-9H2. The normalized spacial score (nSPS) is 29.1. The fraction of sp³-hybridized carbons (Fsp3) is 0.909. The second-order valence-corrected chi connectivity index (χ2v) is 4.66. The molecule has 0 aromatic carbocycles. The first-order valence-electron chi connectivity index (χ1n) is 6.01. The molecule has 0 aromatic rings. The van der Waals surface area contributed by atoms with Gasteiger partial charge in [0.1, 0.15) is 0 Å². The molecular formula is C11H21N3O. The van der Waals surface area contributed by atoms with E-state index in [1.54, 1.807) is 0 Å². The summed E-state index contributed by atoms with van der Waals surface area (Å²) in [6.45, 7) is 7.66. The lowest BCUT2D eigenvalue weighted by Crippen LogP contribution is -2.47. The minimum Gasteiger partial charge on any atom is -0.345 e. The number of likely N-dealkylation sites (tertiary alicyclic amines) is 1. The van der Waals surface area contributed by atoms with Crippen LogP contribution in [-0.2, 0) is 4.79 Å². The third-order valence-electron chi connectivity index (χ3n) is 3.43. The molecule has 0 aromatic heterocycles. The average molecular weight is 211 g/mol. The predicted molar refractivity (Wildman–Crippen MR) is 59.7 cm³/mol. The van der Waals surface area contributed by atoms with E-state index in [0.717, 1.165) is 45.7 Å². The predicted octanol–water partition coefficient (Wildman–Crippen LogP) is -0.240. The van der Waals surface area contributed by atoms with Crippen molar-refractivity contribution in [2.24, 2.45) is 5.92 Å². The molecule has 1 amide bonds. The number of hydrogen-bond donors (Lipinski definition) is 1. The Labute approximate surface area is 91.6 Å². The number of amides is 1. The van der Waals surface area contributed by atoms with Crippen LogP contribution in [0.5, 0.6) is 0 Å². The van der Waals surface area contributed by atoms with E-state index in [1.807, 2.05) is 4.90 Å². The second-order valence-electron chi connectivity index (χ2n) is 4.66. The van der Waals surface area contributed by atoms with Gasteiger partial charge < -0.3 is 15.1 Å². The number of nitrogens with one attached hydrogen (secondary N) is 1. The van der Waals surface area contributed by atoms with Gasteiger partial charge in [-0.3, -0.25) is 4.79 Å². The van der Waals surface area contributed by atoms with Crippen LogP contribution in [0.15, 0.2) is 0 Å². The molecule has 0 bridgehead atoms. The highest BCUT2D eigenvalue weighted by Gasteiger charge is 2.21. The molecular weight excluding hydrogens is 190 g/mol. The molecule has 2 saturated heterocycles. The molecule has 2 heterocycles. The molecule has 2 fully saturated rings. The number of hydrogen-bond acceptors (Lipinski definition) is 3. The molecule has 0 radical (unpaired) electrons. The zero-order chi connectivity index (χ0) is 10.5. The third kappa shape index (κ3) is 3.18. The minimum absolute atomic E-state index is 0.696. The van der Waals surface area contributed by atoms with E-state index in [-0.39, 0.29) is 0 Å². The van der Waals surface area contributed by atoms with Gasteiger partial charge in [0.2, 0.25) is 6.41 Å². The molecule has 2 aliphatic rings. The molecule has 86 valence electrons. The number of nitrogens with zero attached hydrogens (tertiary/aromatic N) is 2. The van der Waals surface area contributed by atoms with Crippen LogP contribution >= 0.6 is 0 Å². The lowest BCUT2D eigenvalue weighted by Gasteiger charge is -2.35. The van der Waals surface area contributed by atoms with Crippen molar-refractivity contribution in [3.63, 3.8) is 0 Å². The van der Waals surface area contributed by atoms with Crippen molar-refractivity contribution in [1.82, 2.24) is 15.1 Å². The van der Waals surface area contributed by atoms with Crippen LogP contribution in [-0.4, -0.2) is 62.0 Å². The fourth-order valence-corrected chi connectivity index (χ4v) is 2.60. The van der Waals surface area contributed by atoms with Crippen LogP contribution in [0.3, 0.4) is 0 Å². The van der Waals surface area contributed by atoms with Crippen molar-refractivity contribution in [3.8, 4) is 0 Å². The highest BCUT2D eigenvalue weighted by molar-refractivity contribution is 5.47. The van der Waals surface area contributed by atoms with Crippen LogP contribution in [0.2, 0.25) is 0 Å². The third-order valence-corrected chi connectivity index (χ3v) is 3.43. The van der Waals surface area contributed by atoms with Gasteiger partial charge in [-0.15, -0.1) is 0 Å². The maximum Gasteiger partial charge on any atom is 0.209 e. The summed E-state index contributed by atoms with van der Waals surface area (Å²) in [6.07, 6.45) is 3.47. The summed E-state index contributed by atoms with van der Waals surface area (Å²) in [4.78, 5) is 15.2. The molecule has 0 aliphatic carbocycles. The van der Waals surface area contributed by atoms with Crippen molar-refractivity contribution >= 4 is 6.41 Å². The summed E-state index contributed by atoms with van der Waals surface area (Å²) >= 11 is 0. The second kappa shape index (κ2) is 5.47. The minimum atomic E-state index is 0.696. The lowest BCUT2D eigenvalue weighted by atomic mass is 9.97. The number of carbonyl (C=O) groups is 1. The van der Waals surface area contributed by atoms with Crippen LogP contribution in [0.1, 0.15) is 12.8 Å². The molecule has 15 heavy (non-hydrogen) atoms. The summed E-state index contributed by atoms with van der Waals surface area (Å²) in [5, 5.41) is 3.36. The Morgan fingerprint density at radius 1 is 1.27 bits per heavy atom. The Kier molecular flexibility index (Phi) is 3.97. The Balaban J connectivity index is 1.75. The van der Waals surface area contributed by atoms with Crippen molar-refractivity contribution < 1.29 is 4.79 Å². The van der Waals surface area contributed by atoms with Gasteiger partial charge in [-0.1, -0.05) is 0 Å². The van der Waals surface area contributed by atoms with E-state index in [4.69, 9.17) is 0 Å². The SMILES string of the molecule is O=CN1CCCC(CN2CCNCC2)C1. The molecule has 4 nitrogen and oxygen atoms in total. The van der Waals surface area contributed by atoms with Crippen molar-refractivity contribution in [2.45, 2.75) is 12.8 Å². The highest BCUT2D eigenvalue weighted by atomic mass is 16.1. The van der Waals surface area contributed by atoms with Gasteiger partial charge in [-0.2, -0.15) is 0 Å². The van der Waals surface area contributed by atoms with Crippen molar-refractivity contribution in [3.05, 3.63) is 0 Å². The maximum atomic E-state index is 10.7. The molecule has 4 heteroatoms. The summed E-state index contributed by atoms with van der Waals surface area (Å²) in [5.74, 6) is 0.696. The number of rotatable bonds is 3. The highest BCUT2D eigenvalue weighted by Crippen LogP contribution is 2.16. The van der Waals surface area contributed by atoms with E-state index in [9.17, 15) is 4.79 Å². The lowest BCUT2D eigenvalue weighted by molar-refractivity contribution is -0.119. The van der Waals surface area contributed by atoms with E-state index < -0.39 is 0 Å². The van der Waals surface area contributed by atoms with Gasteiger partial charge in [-0.05, 0) is 18.8 Å². The molecule has 1 atom stereocenters. The Hall–Kier alpha value is -0.610. The first-order chi connectivity index (χ1) is 7.38. The van der Waals surface area contributed by atoms with Gasteiger partial charge in [0.25, 0.3) is 0 Å². The van der Waals surface area contributed by atoms with Gasteiger partial charge in [0.05, 0.1) is 0 Å². The van der Waals surface area contributed by atoms with Crippen LogP contribution in [0.25, 0.3) is 0 Å². The Morgan fingerprint density at radius 3 is 2.80 bits per heavy atom. The van der Waals surface area contributed by atoms with E-state index in [0.29, 0.717) is 5.92 Å². The van der Waals surface area contributed by atoms with Crippen LogP contribution in [0.4, 0.5) is 0 Å². The number of piperidine rings is 1. The summed E-state index contributed by atoms with van der Waals surface area (Å²) in [5.41, 5.74) is 0. The zero-order valence-corrected chi connectivity index (χ0v) is 9.32. The van der Waals surface area contributed by atoms with Crippen LogP contribution < -0.4 is 5.32 Å². The van der Waals surface area contributed by atoms with Gasteiger partial charge in [-0.25, -0.2) is 0 Å². The molecule has 1 N–H and O–H groups in total. The van der Waals surface area contributed by atoms with E-state index >= 15 is 0 Å².